The number of allylic oxidation sites excluding steroid dienone is 1. The van der Waals surface area contributed by atoms with Crippen LogP contribution in [0.1, 0.15) is 19.2 Å². The van der Waals surface area contributed by atoms with Gasteiger partial charge in [0.05, 0.1) is 0 Å². The van der Waals surface area contributed by atoms with Crippen LogP contribution in [0, 0.1) is 5.92 Å². The third kappa shape index (κ3) is 1.49. The summed E-state index contributed by atoms with van der Waals surface area (Å²) in [6, 6.07) is 0. The Hall–Kier alpha value is -1.78. The molecule has 80 valence electrons. The molecule has 0 unspecified atom stereocenters. The van der Waals surface area contributed by atoms with Gasteiger partial charge in [0.2, 0.25) is 0 Å². The fourth-order valence-electron chi connectivity index (χ4n) is 1.75. The predicted molar refractivity (Wildman–Crippen MR) is 55.1 cm³/mol. The van der Waals surface area contributed by atoms with Gasteiger partial charge >= 0.3 is 5.76 Å². The Bertz CT molecular complexity index is 459. The molecule has 1 aliphatic carbocycles. The first-order valence-corrected chi connectivity index (χ1v) is 4.74. The van der Waals surface area contributed by atoms with E-state index in [1.54, 1.807) is 6.08 Å². The number of rotatable bonds is 4. The SMILES string of the molecule is C=CC(=C)N[C@@]1(c2noc(=O)[nH]2)C[C@@H]1C. The van der Waals surface area contributed by atoms with Crippen molar-refractivity contribution in [3.8, 4) is 0 Å². The van der Waals surface area contributed by atoms with Crippen molar-refractivity contribution in [2.45, 2.75) is 18.9 Å². The van der Waals surface area contributed by atoms with Crippen LogP contribution in [0.3, 0.4) is 0 Å². The second-order valence-electron chi connectivity index (χ2n) is 3.87. The Kier molecular flexibility index (Phi) is 2.03. The van der Waals surface area contributed by atoms with Crippen LogP contribution >= 0.6 is 0 Å². The molecule has 1 aromatic heterocycles. The summed E-state index contributed by atoms with van der Waals surface area (Å²) in [5.74, 6) is 0.382. The summed E-state index contributed by atoms with van der Waals surface area (Å²) in [4.78, 5) is 13.4. The summed E-state index contributed by atoms with van der Waals surface area (Å²) in [6.45, 7) is 9.47. The molecule has 2 rings (SSSR count). The van der Waals surface area contributed by atoms with Crippen LogP contribution < -0.4 is 11.1 Å². The van der Waals surface area contributed by atoms with Crippen LogP contribution in [0.15, 0.2) is 34.2 Å². The van der Waals surface area contributed by atoms with Crippen LogP contribution in [-0.2, 0) is 5.54 Å². The van der Waals surface area contributed by atoms with E-state index in [1.807, 2.05) is 0 Å². The van der Waals surface area contributed by atoms with Gasteiger partial charge in [0.1, 0.15) is 5.54 Å². The lowest BCUT2D eigenvalue weighted by molar-refractivity contribution is 0.369. The highest BCUT2D eigenvalue weighted by Gasteiger charge is 2.55. The number of hydrogen-bond acceptors (Lipinski definition) is 4. The Morgan fingerprint density at radius 3 is 2.93 bits per heavy atom. The molecule has 0 amide bonds. The zero-order valence-corrected chi connectivity index (χ0v) is 8.54. The van der Waals surface area contributed by atoms with Crippen molar-refractivity contribution in [3.63, 3.8) is 0 Å². The number of nitrogens with zero attached hydrogens (tertiary/aromatic N) is 1. The molecule has 0 spiro atoms. The van der Waals surface area contributed by atoms with E-state index in [0.29, 0.717) is 17.4 Å². The fourth-order valence-corrected chi connectivity index (χ4v) is 1.75. The Morgan fingerprint density at radius 2 is 2.53 bits per heavy atom. The Labute approximate surface area is 86.9 Å². The first-order valence-electron chi connectivity index (χ1n) is 4.74. The van der Waals surface area contributed by atoms with E-state index < -0.39 is 5.76 Å². The molecule has 2 N–H and O–H groups in total. The van der Waals surface area contributed by atoms with Crippen molar-refractivity contribution >= 4 is 0 Å². The summed E-state index contributed by atoms with van der Waals surface area (Å²) in [7, 11) is 0. The van der Waals surface area contributed by atoms with Gasteiger partial charge in [-0.15, -0.1) is 0 Å². The van der Waals surface area contributed by atoms with E-state index >= 15 is 0 Å². The molecule has 15 heavy (non-hydrogen) atoms. The van der Waals surface area contributed by atoms with Gasteiger partial charge in [-0.25, -0.2) is 4.79 Å². The zero-order chi connectivity index (χ0) is 11.1. The third-order valence-electron chi connectivity index (χ3n) is 2.80. The minimum absolute atomic E-state index is 0.336. The summed E-state index contributed by atoms with van der Waals surface area (Å²) in [5, 5.41) is 6.90. The molecule has 0 saturated heterocycles. The standard InChI is InChI=1S/C10H13N3O2/c1-4-7(3)12-10(5-6(10)2)8-11-9(14)15-13-8/h4,6,12H,1,3,5H2,2H3,(H,11,13,14)/t6-,10-/m0/s1. The molecule has 2 atom stereocenters. The van der Waals surface area contributed by atoms with Crippen molar-refractivity contribution in [1.29, 1.82) is 0 Å². The van der Waals surface area contributed by atoms with Crippen molar-refractivity contribution in [2.75, 3.05) is 0 Å². The zero-order valence-electron chi connectivity index (χ0n) is 8.54. The summed E-state index contributed by atoms with van der Waals surface area (Å²) < 4.78 is 4.50. The highest BCUT2D eigenvalue weighted by molar-refractivity contribution is 5.25. The number of H-pyrrole nitrogens is 1. The van der Waals surface area contributed by atoms with Crippen LogP contribution in [0.25, 0.3) is 0 Å². The lowest BCUT2D eigenvalue weighted by atomic mass is 10.2. The van der Waals surface area contributed by atoms with Gasteiger partial charge in [-0.2, -0.15) is 0 Å². The summed E-state index contributed by atoms with van der Waals surface area (Å²) >= 11 is 0. The minimum atomic E-state index is -0.533. The average molecular weight is 207 g/mol. The normalized spacial score (nSPS) is 28.5. The quantitative estimate of drug-likeness (QED) is 0.719. The highest BCUT2D eigenvalue weighted by Crippen LogP contribution is 2.50. The summed E-state index contributed by atoms with van der Waals surface area (Å²) in [6.07, 6.45) is 2.52. The van der Waals surface area contributed by atoms with E-state index in [0.717, 1.165) is 6.42 Å². The van der Waals surface area contributed by atoms with Gasteiger partial charge in [0, 0.05) is 5.70 Å². The molecule has 0 aliphatic heterocycles. The number of aromatic amines is 1. The first-order chi connectivity index (χ1) is 7.08. The molecule has 1 aromatic rings. The van der Waals surface area contributed by atoms with Crippen LogP contribution in [0.5, 0.6) is 0 Å². The summed E-state index contributed by atoms with van der Waals surface area (Å²) in [5.41, 5.74) is 0.375. The van der Waals surface area contributed by atoms with E-state index in [9.17, 15) is 4.79 Å². The molecule has 0 radical (unpaired) electrons. The highest BCUT2D eigenvalue weighted by atomic mass is 16.5. The van der Waals surface area contributed by atoms with Crippen molar-refractivity contribution in [1.82, 2.24) is 15.5 Å². The number of nitrogens with one attached hydrogen (secondary N) is 2. The maximum atomic E-state index is 10.9. The second kappa shape index (κ2) is 3.12. The maximum absolute atomic E-state index is 10.9. The smallest absolute Gasteiger partial charge is 0.373 e. The van der Waals surface area contributed by atoms with Gasteiger partial charge in [0.25, 0.3) is 0 Å². The average Bonchev–Trinajstić information content (AvgIpc) is 2.63. The molecular formula is C10H13N3O2. The van der Waals surface area contributed by atoms with Crippen molar-refractivity contribution in [2.24, 2.45) is 5.92 Å². The molecule has 5 heteroatoms. The number of aromatic nitrogens is 2. The van der Waals surface area contributed by atoms with Gasteiger partial charge in [-0.3, -0.25) is 9.51 Å². The molecule has 1 aliphatic rings. The lowest BCUT2D eigenvalue weighted by Gasteiger charge is -2.16. The van der Waals surface area contributed by atoms with Crippen LogP contribution in [-0.4, -0.2) is 10.1 Å². The van der Waals surface area contributed by atoms with Crippen LogP contribution in [0.4, 0.5) is 0 Å². The van der Waals surface area contributed by atoms with E-state index in [4.69, 9.17) is 0 Å². The molecule has 1 fully saturated rings. The van der Waals surface area contributed by atoms with E-state index in [1.165, 1.54) is 0 Å². The first kappa shape index (κ1) is 9.76. The van der Waals surface area contributed by atoms with E-state index in [2.05, 4.69) is 40.1 Å². The lowest BCUT2D eigenvalue weighted by Crippen LogP contribution is -2.30. The molecule has 0 aromatic carbocycles. The van der Waals surface area contributed by atoms with Gasteiger partial charge < -0.3 is 5.32 Å². The van der Waals surface area contributed by atoms with Crippen LogP contribution in [0.2, 0.25) is 0 Å². The fraction of sp³-hybridized carbons (Fsp3) is 0.400. The Balaban J connectivity index is 2.27. The Morgan fingerprint density at radius 1 is 1.87 bits per heavy atom. The molecule has 5 nitrogen and oxygen atoms in total. The predicted octanol–water partition coefficient (Wildman–Crippen LogP) is 0.887. The van der Waals surface area contributed by atoms with Crippen molar-refractivity contribution < 1.29 is 4.52 Å². The van der Waals surface area contributed by atoms with E-state index in [-0.39, 0.29) is 5.54 Å². The topological polar surface area (TPSA) is 70.9 Å². The van der Waals surface area contributed by atoms with Gasteiger partial charge in [-0.1, -0.05) is 25.2 Å². The second-order valence-corrected chi connectivity index (χ2v) is 3.87. The molecule has 1 saturated carbocycles. The third-order valence-corrected chi connectivity index (χ3v) is 2.80. The van der Waals surface area contributed by atoms with Gasteiger partial charge in [-0.05, 0) is 18.4 Å². The van der Waals surface area contributed by atoms with Crippen molar-refractivity contribution in [3.05, 3.63) is 41.3 Å². The molecular weight excluding hydrogens is 194 g/mol. The maximum Gasteiger partial charge on any atom is 0.438 e. The largest absolute Gasteiger partial charge is 0.438 e. The monoisotopic (exact) mass is 207 g/mol. The minimum Gasteiger partial charge on any atom is -0.373 e. The number of hydrogen-bond donors (Lipinski definition) is 2. The molecule has 0 bridgehead atoms. The molecule has 1 heterocycles. The van der Waals surface area contributed by atoms with Gasteiger partial charge in [0.15, 0.2) is 5.82 Å².